The van der Waals surface area contributed by atoms with Gasteiger partial charge in [-0.25, -0.2) is 0 Å². The average Bonchev–Trinajstić information content (AvgIpc) is 3.35. The number of carbonyl (C=O) groups is 1. The number of nitrogens with zero attached hydrogens (tertiary/aromatic N) is 2. The van der Waals surface area contributed by atoms with Crippen molar-refractivity contribution < 1.29 is 18.8 Å². The van der Waals surface area contributed by atoms with Gasteiger partial charge in [-0.3, -0.25) is 4.79 Å². The molecule has 4 aromatic rings. The lowest BCUT2D eigenvalue weighted by Gasteiger charge is -2.22. The van der Waals surface area contributed by atoms with Gasteiger partial charge in [0.1, 0.15) is 11.5 Å². The summed E-state index contributed by atoms with van der Waals surface area (Å²) in [4.78, 5) is 15.2. The number of aromatic nitrogens is 1. The molecule has 0 bridgehead atoms. The summed E-state index contributed by atoms with van der Waals surface area (Å²) in [5.74, 6) is 1.81. The Bertz CT molecular complexity index is 1170. The van der Waals surface area contributed by atoms with Crippen LogP contribution in [0.25, 0.3) is 11.3 Å². The number of ether oxygens (including phenoxy) is 2. The number of hydrogen-bond acceptors (Lipinski definition) is 5. The van der Waals surface area contributed by atoms with Crippen LogP contribution < -0.4 is 14.4 Å². The molecule has 0 aliphatic heterocycles. The third kappa shape index (κ3) is 5.41. The molecule has 3 aromatic carbocycles. The quantitative estimate of drug-likeness (QED) is 0.319. The van der Waals surface area contributed by atoms with E-state index in [1.54, 1.807) is 11.0 Å². The number of carbonyl (C=O) groups excluding carboxylic acids is 1. The van der Waals surface area contributed by atoms with Crippen LogP contribution in [-0.2, 0) is 6.54 Å². The number of hydrogen-bond donors (Lipinski definition) is 0. The van der Waals surface area contributed by atoms with Crippen LogP contribution in [0.1, 0.15) is 29.9 Å². The van der Waals surface area contributed by atoms with E-state index in [-0.39, 0.29) is 11.6 Å². The summed E-state index contributed by atoms with van der Waals surface area (Å²) in [5, 5.41) is 4.06. The van der Waals surface area contributed by atoms with Crippen molar-refractivity contribution in [2.24, 2.45) is 0 Å². The van der Waals surface area contributed by atoms with E-state index < -0.39 is 0 Å². The summed E-state index contributed by atoms with van der Waals surface area (Å²) in [6, 6.07) is 26.5. The lowest BCUT2D eigenvalue weighted by Crippen LogP contribution is -2.30. The lowest BCUT2D eigenvalue weighted by molar-refractivity contribution is 0.0976. The molecule has 0 saturated carbocycles. The molecule has 0 unspecified atom stereocenters. The number of anilines is 1. The van der Waals surface area contributed by atoms with E-state index in [0.29, 0.717) is 25.5 Å². The molecule has 1 aromatic heterocycles. The van der Waals surface area contributed by atoms with Gasteiger partial charge in [0.05, 0.1) is 19.8 Å². The van der Waals surface area contributed by atoms with Gasteiger partial charge in [0.15, 0.2) is 11.5 Å². The highest BCUT2D eigenvalue weighted by molar-refractivity contribution is 6.05. The van der Waals surface area contributed by atoms with E-state index in [4.69, 9.17) is 14.0 Å². The summed E-state index contributed by atoms with van der Waals surface area (Å²) >= 11 is 0. The van der Waals surface area contributed by atoms with Crippen molar-refractivity contribution in [3.63, 3.8) is 0 Å². The molecule has 0 saturated heterocycles. The number of rotatable bonds is 9. The van der Waals surface area contributed by atoms with Gasteiger partial charge in [-0.05, 0) is 67.9 Å². The Morgan fingerprint density at radius 1 is 0.848 bits per heavy atom. The van der Waals surface area contributed by atoms with Gasteiger partial charge < -0.3 is 18.9 Å². The van der Waals surface area contributed by atoms with Gasteiger partial charge in [-0.1, -0.05) is 35.5 Å². The second-order valence-electron chi connectivity index (χ2n) is 7.34. The van der Waals surface area contributed by atoms with Gasteiger partial charge in [-0.2, -0.15) is 0 Å². The molecule has 1 amide bonds. The summed E-state index contributed by atoms with van der Waals surface area (Å²) in [5.41, 5.74) is 2.82. The Hall–Kier alpha value is -4.06. The highest BCUT2D eigenvalue weighted by Gasteiger charge is 2.22. The zero-order valence-electron chi connectivity index (χ0n) is 18.7. The first-order chi connectivity index (χ1) is 16.2. The zero-order chi connectivity index (χ0) is 23.0. The summed E-state index contributed by atoms with van der Waals surface area (Å²) in [6.45, 7) is 5.46. The number of amides is 1. The largest absolute Gasteiger partial charge is 0.494 e. The first-order valence-electron chi connectivity index (χ1n) is 11.0. The third-order valence-electron chi connectivity index (χ3n) is 5.07. The van der Waals surface area contributed by atoms with Crippen molar-refractivity contribution in [2.75, 3.05) is 18.1 Å². The fourth-order valence-corrected chi connectivity index (χ4v) is 3.47. The molecule has 0 aliphatic rings. The molecule has 6 heteroatoms. The highest BCUT2D eigenvalue weighted by Crippen LogP contribution is 2.27. The van der Waals surface area contributed by atoms with Crippen LogP contribution in [0.5, 0.6) is 11.5 Å². The minimum absolute atomic E-state index is 0.240. The average molecular weight is 443 g/mol. The van der Waals surface area contributed by atoms with Crippen molar-refractivity contribution in [2.45, 2.75) is 20.4 Å². The van der Waals surface area contributed by atoms with E-state index in [1.807, 2.05) is 92.7 Å². The van der Waals surface area contributed by atoms with E-state index in [1.165, 1.54) is 0 Å². The van der Waals surface area contributed by atoms with Gasteiger partial charge in [0.25, 0.3) is 5.91 Å². The van der Waals surface area contributed by atoms with E-state index in [2.05, 4.69) is 5.16 Å². The maximum Gasteiger partial charge on any atom is 0.280 e. The van der Waals surface area contributed by atoms with Crippen LogP contribution in [0.15, 0.2) is 89.5 Å². The Kier molecular flexibility index (Phi) is 7.05. The Morgan fingerprint density at radius 2 is 1.45 bits per heavy atom. The van der Waals surface area contributed by atoms with Crippen LogP contribution in [0.4, 0.5) is 5.69 Å². The smallest absolute Gasteiger partial charge is 0.280 e. The first-order valence-corrected chi connectivity index (χ1v) is 11.0. The van der Waals surface area contributed by atoms with E-state index in [0.717, 1.165) is 28.3 Å². The Labute approximate surface area is 193 Å². The fourth-order valence-electron chi connectivity index (χ4n) is 3.47. The lowest BCUT2D eigenvalue weighted by atomic mass is 10.1. The second-order valence-corrected chi connectivity index (χ2v) is 7.34. The van der Waals surface area contributed by atoms with Gasteiger partial charge in [0.2, 0.25) is 0 Å². The second kappa shape index (κ2) is 10.5. The predicted molar refractivity (Wildman–Crippen MR) is 128 cm³/mol. The van der Waals surface area contributed by atoms with Crippen LogP contribution in [0, 0.1) is 0 Å². The van der Waals surface area contributed by atoms with Crippen LogP contribution in [0.2, 0.25) is 0 Å². The van der Waals surface area contributed by atoms with Crippen molar-refractivity contribution in [3.05, 3.63) is 96.2 Å². The zero-order valence-corrected chi connectivity index (χ0v) is 18.7. The molecule has 0 atom stereocenters. The Balaban J connectivity index is 1.60. The molecule has 0 N–H and O–H groups in total. The summed E-state index contributed by atoms with van der Waals surface area (Å²) in [6.07, 6.45) is 0. The first kappa shape index (κ1) is 22.1. The molecule has 4 rings (SSSR count). The topological polar surface area (TPSA) is 64.8 Å². The number of benzene rings is 3. The van der Waals surface area contributed by atoms with Gasteiger partial charge in [-0.15, -0.1) is 0 Å². The van der Waals surface area contributed by atoms with E-state index in [9.17, 15) is 4.79 Å². The molecule has 1 heterocycles. The minimum Gasteiger partial charge on any atom is -0.494 e. The SMILES string of the molecule is CCOc1ccc(-c2cc(C(=O)N(Cc3ccccc3)c3ccc(OCC)cc3)no2)cc1. The van der Waals surface area contributed by atoms with Gasteiger partial charge in [0, 0.05) is 17.3 Å². The molecule has 0 aliphatic carbocycles. The predicted octanol–water partition coefficient (Wildman–Crippen LogP) is 5.99. The summed E-state index contributed by atoms with van der Waals surface area (Å²) in [7, 11) is 0. The standard InChI is InChI=1S/C27H26N2O4/c1-3-31-23-14-10-21(11-15-23)26-18-25(28-33-26)27(30)29(19-20-8-6-5-7-9-20)22-12-16-24(17-13-22)32-4-2/h5-18H,3-4,19H2,1-2H3. The normalized spacial score (nSPS) is 10.6. The van der Waals surface area contributed by atoms with Gasteiger partial charge >= 0.3 is 0 Å². The molecule has 168 valence electrons. The van der Waals surface area contributed by atoms with Crippen molar-refractivity contribution >= 4 is 11.6 Å². The van der Waals surface area contributed by atoms with Crippen LogP contribution in [-0.4, -0.2) is 24.3 Å². The third-order valence-corrected chi connectivity index (χ3v) is 5.07. The summed E-state index contributed by atoms with van der Waals surface area (Å²) < 4.78 is 16.5. The van der Waals surface area contributed by atoms with Crippen molar-refractivity contribution in [1.29, 1.82) is 0 Å². The fraction of sp³-hybridized carbons (Fsp3) is 0.185. The molecule has 6 nitrogen and oxygen atoms in total. The Morgan fingerprint density at radius 3 is 2.06 bits per heavy atom. The van der Waals surface area contributed by atoms with E-state index >= 15 is 0 Å². The van der Waals surface area contributed by atoms with Crippen molar-refractivity contribution in [1.82, 2.24) is 5.16 Å². The maximum absolute atomic E-state index is 13.5. The minimum atomic E-state index is -0.246. The molecular formula is C27H26N2O4. The molecule has 0 fully saturated rings. The monoisotopic (exact) mass is 442 g/mol. The maximum atomic E-state index is 13.5. The molecular weight excluding hydrogens is 416 g/mol. The molecule has 0 radical (unpaired) electrons. The molecule has 33 heavy (non-hydrogen) atoms. The van der Waals surface area contributed by atoms with Crippen LogP contribution in [0.3, 0.4) is 0 Å². The van der Waals surface area contributed by atoms with Crippen molar-refractivity contribution in [3.8, 4) is 22.8 Å². The van der Waals surface area contributed by atoms with Crippen LogP contribution >= 0.6 is 0 Å². The molecule has 0 spiro atoms. The highest BCUT2D eigenvalue weighted by atomic mass is 16.5.